The molecule has 2 atom stereocenters. The summed E-state index contributed by atoms with van der Waals surface area (Å²) in [5.74, 6) is -1.57. The minimum Gasteiger partial charge on any atom is -0.479 e. The van der Waals surface area contributed by atoms with E-state index in [9.17, 15) is 22.8 Å². The van der Waals surface area contributed by atoms with E-state index in [1.165, 1.54) is 0 Å². The molecule has 110 valence electrons. The van der Waals surface area contributed by atoms with Crippen LogP contribution < -0.4 is 5.32 Å². The van der Waals surface area contributed by atoms with Crippen LogP contribution in [0.15, 0.2) is 0 Å². The Morgan fingerprint density at radius 3 is 2.37 bits per heavy atom. The van der Waals surface area contributed by atoms with Gasteiger partial charge in [0, 0.05) is 13.0 Å². The van der Waals surface area contributed by atoms with Gasteiger partial charge in [0.05, 0.1) is 0 Å². The maximum absolute atomic E-state index is 11.8. The predicted molar refractivity (Wildman–Crippen MR) is 58.4 cm³/mol. The van der Waals surface area contributed by atoms with Gasteiger partial charge in [-0.15, -0.1) is 0 Å². The lowest BCUT2D eigenvalue weighted by Gasteiger charge is -2.12. The predicted octanol–water partition coefficient (Wildman–Crippen LogP) is 1.47. The Morgan fingerprint density at radius 2 is 1.84 bits per heavy atom. The monoisotopic (exact) mass is 283 g/mol. The van der Waals surface area contributed by atoms with E-state index in [0.29, 0.717) is 6.42 Å². The van der Waals surface area contributed by atoms with Crippen LogP contribution in [-0.4, -0.2) is 41.9 Å². The molecule has 19 heavy (non-hydrogen) atoms. The molecule has 1 amide bonds. The lowest BCUT2D eigenvalue weighted by molar-refractivity contribution is -0.151. The topological polar surface area (TPSA) is 75.6 Å². The molecule has 0 aliphatic carbocycles. The van der Waals surface area contributed by atoms with E-state index in [2.05, 4.69) is 5.32 Å². The Morgan fingerprint density at radius 1 is 1.21 bits per heavy atom. The third-order valence-corrected chi connectivity index (χ3v) is 2.77. The normalized spacial score (nSPS) is 23.3. The van der Waals surface area contributed by atoms with E-state index in [1.54, 1.807) is 0 Å². The zero-order valence-corrected chi connectivity index (χ0v) is 10.2. The Labute approximate surface area is 108 Å². The first-order valence-electron chi connectivity index (χ1n) is 6.02. The van der Waals surface area contributed by atoms with Crippen molar-refractivity contribution in [3.8, 4) is 0 Å². The molecule has 1 fully saturated rings. The molecule has 5 nitrogen and oxygen atoms in total. The summed E-state index contributed by atoms with van der Waals surface area (Å²) >= 11 is 0. The fourth-order valence-electron chi connectivity index (χ4n) is 1.79. The maximum atomic E-state index is 11.8. The van der Waals surface area contributed by atoms with Gasteiger partial charge >= 0.3 is 12.1 Å². The largest absolute Gasteiger partial charge is 0.479 e. The molecule has 2 N–H and O–H groups in total. The van der Waals surface area contributed by atoms with E-state index in [4.69, 9.17) is 9.84 Å². The van der Waals surface area contributed by atoms with Gasteiger partial charge in [0.2, 0.25) is 5.91 Å². The van der Waals surface area contributed by atoms with Crippen molar-refractivity contribution in [2.75, 3.05) is 6.54 Å². The first-order chi connectivity index (χ1) is 8.79. The first kappa shape index (κ1) is 15.7. The molecule has 1 aliphatic heterocycles. The minimum atomic E-state index is -4.17. The summed E-state index contributed by atoms with van der Waals surface area (Å²) in [5.41, 5.74) is 0. The molecule has 0 saturated carbocycles. The molecule has 1 saturated heterocycles. The van der Waals surface area contributed by atoms with Gasteiger partial charge in [0.1, 0.15) is 6.10 Å². The summed E-state index contributed by atoms with van der Waals surface area (Å²) in [4.78, 5) is 22.1. The average Bonchev–Trinajstić information content (AvgIpc) is 2.76. The van der Waals surface area contributed by atoms with E-state index >= 15 is 0 Å². The molecule has 0 aromatic rings. The number of amides is 1. The fraction of sp³-hybridized carbons (Fsp3) is 0.818. The zero-order chi connectivity index (χ0) is 14.5. The minimum absolute atomic E-state index is 0.0486. The molecule has 0 aromatic heterocycles. The van der Waals surface area contributed by atoms with Crippen LogP contribution in [0.25, 0.3) is 0 Å². The van der Waals surface area contributed by atoms with Crippen molar-refractivity contribution in [2.45, 2.75) is 50.5 Å². The Bertz CT molecular complexity index is 332. The number of ether oxygens (including phenoxy) is 1. The van der Waals surface area contributed by atoms with Gasteiger partial charge in [-0.1, -0.05) is 0 Å². The highest BCUT2D eigenvalue weighted by Crippen LogP contribution is 2.22. The second kappa shape index (κ2) is 6.74. The molecule has 0 spiro atoms. The zero-order valence-electron chi connectivity index (χ0n) is 10.2. The van der Waals surface area contributed by atoms with Gasteiger partial charge in [-0.05, 0) is 25.7 Å². The van der Waals surface area contributed by atoms with Crippen molar-refractivity contribution in [2.24, 2.45) is 0 Å². The Hall–Kier alpha value is -1.31. The smallest absolute Gasteiger partial charge is 0.389 e. The standard InChI is InChI=1S/C11H16F3NO4/c12-11(13,14)5-1-2-6-15-9(16)7-3-4-8(19-7)10(17)18/h7-8H,1-6H2,(H,15,16)(H,17,18)/t7-,8+/m0/s1. The Kier molecular flexibility index (Phi) is 5.59. The number of carbonyl (C=O) groups excluding carboxylic acids is 1. The lowest BCUT2D eigenvalue weighted by Crippen LogP contribution is -2.36. The highest BCUT2D eigenvalue weighted by Gasteiger charge is 2.34. The van der Waals surface area contributed by atoms with Crippen LogP contribution in [0.5, 0.6) is 0 Å². The van der Waals surface area contributed by atoms with Gasteiger partial charge < -0.3 is 15.2 Å². The van der Waals surface area contributed by atoms with Crippen LogP contribution in [-0.2, 0) is 14.3 Å². The van der Waals surface area contributed by atoms with Crippen LogP contribution in [0.1, 0.15) is 32.1 Å². The molecular formula is C11H16F3NO4. The second-order valence-electron chi connectivity index (χ2n) is 4.39. The quantitative estimate of drug-likeness (QED) is 0.724. The van der Waals surface area contributed by atoms with Crippen molar-refractivity contribution in [3.63, 3.8) is 0 Å². The second-order valence-corrected chi connectivity index (χ2v) is 4.39. The van der Waals surface area contributed by atoms with Crippen LogP contribution in [0.4, 0.5) is 13.2 Å². The number of hydrogen-bond acceptors (Lipinski definition) is 3. The third kappa shape index (κ3) is 5.91. The van der Waals surface area contributed by atoms with Crippen molar-refractivity contribution >= 4 is 11.9 Å². The molecule has 1 heterocycles. The van der Waals surface area contributed by atoms with Gasteiger partial charge in [0.15, 0.2) is 6.10 Å². The molecule has 0 aromatic carbocycles. The van der Waals surface area contributed by atoms with Gasteiger partial charge in [-0.2, -0.15) is 13.2 Å². The van der Waals surface area contributed by atoms with E-state index in [0.717, 1.165) is 0 Å². The highest BCUT2D eigenvalue weighted by atomic mass is 19.4. The molecule has 1 rings (SSSR count). The number of rotatable bonds is 6. The van der Waals surface area contributed by atoms with Crippen LogP contribution in [0, 0.1) is 0 Å². The maximum Gasteiger partial charge on any atom is 0.389 e. The van der Waals surface area contributed by atoms with Crippen molar-refractivity contribution < 1.29 is 32.6 Å². The summed E-state index contributed by atoms with van der Waals surface area (Å²) in [5, 5.41) is 11.1. The number of halogens is 3. The van der Waals surface area contributed by atoms with Crippen LogP contribution >= 0.6 is 0 Å². The molecule has 0 bridgehead atoms. The number of hydrogen-bond donors (Lipinski definition) is 2. The van der Waals surface area contributed by atoms with Crippen molar-refractivity contribution in [3.05, 3.63) is 0 Å². The Balaban J connectivity index is 2.14. The number of nitrogens with one attached hydrogen (secondary N) is 1. The number of carboxylic acids is 1. The third-order valence-electron chi connectivity index (χ3n) is 2.77. The summed E-state index contributed by atoms with van der Waals surface area (Å²) in [6.07, 6.45) is -6.08. The fourth-order valence-corrected chi connectivity index (χ4v) is 1.79. The van der Waals surface area contributed by atoms with E-state index in [-0.39, 0.29) is 25.8 Å². The first-order valence-corrected chi connectivity index (χ1v) is 6.02. The van der Waals surface area contributed by atoms with Crippen molar-refractivity contribution in [1.82, 2.24) is 5.32 Å². The van der Waals surface area contributed by atoms with Crippen LogP contribution in [0.2, 0.25) is 0 Å². The number of carboxylic acid groups (broad SMARTS) is 1. The summed E-state index contributed by atoms with van der Waals surface area (Å²) in [7, 11) is 0. The number of unbranched alkanes of at least 4 members (excludes halogenated alkanes) is 1. The molecule has 0 radical (unpaired) electrons. The highest BCUT2D eigenvalue weighted by molar-refractivity contribution is 5.82. The van der Waals surface area contributed by atoms with E-state index < -0.39 is 36.7 Å². The SMILES string of the molecule is O=C(NCCCCC(F)(F)F)[C@@H]1CC[C@H](C(=O)O)O1. The summed E-state index contributed by atoms with van der Waals surface area (Å²) in [6.45, 7) is 0.131. The molecular weight excluding hydrogens is 267 g/mol. The van der Waals surface area contributed by atoms with Gasteiger partial charge in [-0.25, -0.2) is 4.79 Å². The molecule has 0 unspecified atom stereocenters. The summed E-state index contributed by atoms with van der Waals surface area (Å²) in [6, 6.07) is 0. The average molecular weight is 283 g/mol. The van der Waals surface area contributed by atoms with Gasteiger partial charge in [0.25, 0.3) is 0 Å². The van der Waals surface area contributed by atoms with Crippen LogP contribution in [0.3, 0.4) is 0 Å². The number of alkyl halides is 3. The molecule has 8 heteroatoms. The number of aliphatic carboxylic acids is 1. The van der Waals surface area contributed by atoms with Crippen molar-refractivity contribution in [1.29, 1.82) is 0 Å². The number of carbonyl (C=O) groups is 2. The molecule has 1 aliphatic rings. The lowest BCUT2D eigenvalue weighted by atomic mass is 10.2. The van der Waals surface area contributed by atoms with E-state index in [1.807, 2.05) is 0 Å². The summed E-state index contributed by atoms with van der Waals surface area (Å²) < 4.78 is 40.5. The van der Waals surface area contributed by atoms with Gasteiger partial charge in [-0.3, -0.25) is 4.79 Å².